The van der Waals surface area contributed by atoms with Crippen LogP contribution in [-0.2, 0) is 0 Å². The molecule has 0 amide bonds. The van der Waals surface area contributed by atoms with Crippen LogP contribution in [-0.4, -0.2) is 4.98 Å². The van der Waals surface area contributed by atoms with E-state index in [1.165, 1.54) is 4.90 Å². The minimum Gasteiger partial charge on any atom is -0.234 e. The second-order valence-corrected chi connectivity index (χ2v) is 4.62. The average molecular weight is 266 g/mol. The van der Waals surface area contributed by atoms with Gasteiger partial charge in [0.2, 0.25) is 0 Å². The average Bonchev–Trinajstić information content (AvgIpc) is 2.19. The summed E-state index contributed by atoms with van der Waals surface area (Å²) in [6.07, 6.45) is 0. The zero-order chi connectivity index (χ0) is 9.80. The van der Waals surface area contributed by atoms with Crippen LogP contribution in [0, 0.1) is 0 Å². The summed E-state index contributed by atoms with van der Waals surface area (Å²) < 4.78 is 0.874. The Labute approximate surface area is 95.7 Å². The van der Waals surface area contributed by atoms with E-state index in [2.05, 4.69) is 33.0 Å². The quantitative estimate of drug-likeness (QED) is 0.762. The first-order chi connectivity index (χ1) is 6.84. The summed E-state index contributed by atoms with van der Waals surface area (Å²) in [4.78, 5) is 5.55. The first-order valence-electron chi connectivity index (χ1n) is 4.20. The Morgan fingerprint density at radius 1 is 0.929 bits per heavy atom. The maximum Gasteiger partial charge on any atom is 0.107 e. The van der Waals surface area contributed by atoms with Crippen molar-refractivity contribution in [3.05, 3.63) is 53.1 Å². The highest BCUT2D eigenvalue weighted by molar-refractivity contribution is 9.10. The van der Waals surface area contributed by atoms with Crippen LogP contribution in [0.5, 0.6) is 0 Å². The van der Waals surface area contributed by atoms with E-state index >= 15 is 0 Å². The lowest BCUT2D eigenvalue weighted by atomic mass is 10.4. The van der Waals surface area contributed by atoms with Gasteiger partial charge < -0.3 is 0 Å². The minimum absolute atomic E-state index is 0.874. The van der Waals surface area contributed by atoms with Crippen LogP contribution in [0.3, 0.4) is 0 Å². The summed E-state index contributed by atoms with van der Waals surface area (Å²) in [5.74, 6) is 0. The molecule has 1 heterocycles. The van der Waals surface area contributed by atoms with Gasteiger partial charge in [-0.3, -0.25) is 0 Å². The van der Waals surface area contributed by atoms with E-state index in [-0.39, 0.29) is 0 Å². The number of benzene rings is 1. The predicted molar refractivity (Wildman–Crippen MR) is 62.5 cm³/mol. The monoisotopic (exact) mass is 265 g/mol. The molecular formula is C11H8BrNS. The van der Waals surface area contributed by atoms with Gasteiger partial charge in [0.1, 0.15) is 9.63 Å². The van der Waals surface area contributed by atoms with Crippen LogP contribution in [0.4, 0.5) is 0 Å². The number of nitrogens with zero attached hydrogens (tertiary/aromatic N) is 1. The molecule has 14 heavy (non-hydrogen) atoms. The number of pyridine rings is 1. The van der Waals surface area contributed by atoms with Gasteiger partial charge in [-0.05, 0) is 40.2 Å². The van der Waals surface area contributed by atoms with E-state index < -0.39 is 0 Å². The van der Waals surface area contributed by atoms with Crippen molar-refractivity contribution in [2.45, 2.75) is 9.92 Å². The van der Waals surface area contributed by atoms with Gasteiger partial charge in [-0.1, -0.05) is 36.0 Å². The lowest BCUT2D eigenvalue weighted by molar-refractivity contribution is 1.10. The third kappa shape index (κ3) is 2.59. The van der Waals surface area contributed by atoms with Gasteiger partial charge in [-0.15, -0.1) is 0 Å². The van der Waals surface area contributed by atoms with E-state index in [0.717, 1.165) is 9.63 Å². The van der Waals surface area contributed by atoms with Crippen molar-refractivity contribution in [1.82, 2.24) is 4.98 Å². The highest BCUT2D eigenvalue weighted by atomic mass is 79.9. The van der Waals surface area contributed by atoms with Gasteiger partial charge in [0, 0.05) is 4.90 Å². The molecule has 0 spiro atoms. The lowest BCUT2D eigenvalue weighted by Gasteiger charge is -2.00. The smallest absolute Gasteiger partial charge is 0.107 e. The molecule has 0 bridgehead atoms. The minimum atomic E-state index is 0.874. The standard InChI is InChI=1S/C11H8BrNS/c12-10-7-4-8-11(13-10)14-9-5-2-1-3-6-9/h1-8H. The van der Waals surface area contributed by atoms with Crippen molar-refractivity contribution >= 4 is 27.7 Å². The van der Waals surface area contributed by atoms with Gasteiger partial charge in [0.25, 0.3) is 0 Å². The molecule has 0 aliphatic carbocycles. The van der Waals surface area contributed by atoms with Gasteiger partial charge >= 0.3 is 0 Å². The Balaban J connectivity index is 2.19. The van der Waals surface area contributed by atoms with E-state index in [1.54, 1.807) is 11.8 Å². The van der Waals surface area contributed by atoms with Crippen molar-refractivity contribution in [2.75, 3.05) is 0 Å². The topological polar surface area (TPSA) is 12.9 Å². The maximum atomic E-state index is 4.35. The molecule has 70 valence electrons. The number of hydrogen-bond acceptors (Lipinski definition) is 2. The first kappa shape index (κ1) is 9.74. The highest BCUT2D eigenvalue weighted by Crippen LogP contribution is 2.26. The molecule has 0 N–H and O–H groups in total. The van der Waals surface area contributed by atoms with Crippen LogP contribution in [0.1, 0.15) is 0 Å². The second kappa shape index (κ2) is 4.62. The number of rotatable bonds is 2. The molecule has 1 nitrogen and oxygen atoms in total. The third-order valence-corrected chi connectivity index (χ3v) is 3.04. The lowest BCUT2D eigenvalue weighted by Crippen LogP contribution is -1.79. The van der Waals surface area contributed by atoms with Crippen molar-refractivity contribution in [3.63, 3.8) is 0 Å². The summed E-state index contributed by atoms with van der Waals surface area (Å²) in [5.41, 5.74) is 0. The van der Waals surface area contributed by atoms with E-state index in [0.29, 0.717) is 0 Å². The van der Waals surface area contributed by atoms with Crippen LogP contribution in [0.25, 0.3) is 0 Å². The molecule has 0 aliphatic heterocycles. The SMILES string of the molecule is Brc1cccc(Sc2ccccc2)n1. The van der Waals surface area contributed by atoms with Gasteiger partial charge in [0.15, 0.2) is 0 Å². The molecule has 0 aliphatic rings. The van der Waals surface area contributed by atoms with Gasteiger partial charge in [-0.25, -0.2) is 4.98 Å². The molecule has 2 rings (SSSR count). The highest BCUT2D eigenvalue weighted by Gasteiger charge is 1.97. The van der Waals surface area contributed by atoms with E-state index in [9.17, 15) is 0 Å². The number of aromatic nitrogens is 1. The molecule has 0 radical (unpaired) electrons. The normalized spacial score (nSPS) is 10.1. The molecule has 1 aromatic heterocycles. The first-order valence-corrected chi connectivity index (χ1v) is 5.81. The number of hydrogen-bond donors (Lipinski definition) is 0. The fourth-order valence-corrected chi connectivity index (χ4v) is 2.34. The summed E-state index contributed by atoms with van der Waals surface area (Å²) in [7, 11) is 0. The zero-order valence-corrected chi connectivity index (χ0v) is 9.75. The predicted octanol–water partition coefficient (Wildman–Crippen LogP) is 4.00. The second-order valence-electron chi connectivity index (χ2n) is 2.71. The molecule has 0 fully saturated rings. The Kier molecular flexibility index (Phi) is 3.22. The Hall–Kier alpha value is -0.800. The van der Waals surface area contributed by atoms with E-state index in [1.807, 2.05) is 36.4 Å². The summed E-state index contributed by atoms with van der Waals surface area (Å²) in [6, 6.07) is 16.1. The van der Waals surface area contributed by atoms with Crippen LogP contribution < -0.4 is 0 Å². The van der Waals surface area contributed by atoms with Crippen molar-refractivity contribution in [1.29, 1.82) is 0 Å². The molecule has 2 aromatic rings. The zero-order valence-electron chi connectivity index (χ0n) is 7.35. The molecule has 3 heteroatoms. The molecule has 1 aromatic carbocycles. The Morgan fingerprint density at radius 3 is 2.43 bits per heavy atom. The summed E-state index contributed by atoms with van der Waals surface area (Å²) in [5, 5.41) is 1.01. The fourth-order valence-electron chi connectivity index (χ4n) is 1.06. The molecule has 0 saturated carbocycles. The van der Waals surface area contributed by atoms with Crippen molar-refractivity contribution in [2.24, 2.45) is 0 Å². The van der Waals surface area contributed by atoms with Crippen molar-refractivity contribution < 1.29 is 0 Å². The summed E-state index contributed by atoms with van der Waals surface area (Å²) in [6.45, 7) is 0. The van der Waals surface area contributed by atoms with Crippen molar-refractivity contribution in [3.8, 4) is 0 Å². The summed E-state index contributed by atoms with van der Waals surface area (Å²) >= 11 is 5.01. The molecular weight excluding hydrogens is 258 g/mol. The molecule has 0 saturated heterocycles. The maximum absolute atomic E-state index is 4.35. The Morgan fingerprint density at radius 2 is 1.71 bits per heavy atom. The number of halogens is 1. The van der Waals surface area contributed by atoms with E-state index in [4.69, 9.17) is 0 Å². The fraction of sp³-hybridized carbons (Fsp3) is 0. The van der Waals surface area contributed by atoms with Gasteiger partial charge in [-0.2, -0.15) is 0 Å². The molecule has 0 atom stereocenters. The van der Waals surface area contributed by atoms with Crippen LogP contribution >= 0.6 is 27.7 Å². The van der Waals surface area contributed by atoms with Crippen LogP contribution in [0.2, 0.25) is 0 Å². The molecule has 0 unspecified atom stereocenters. The van der Waals surface area contributed by atoms with Gasteiger partial charge in [0.05, 0.1) is 0 Å². The van der Waals surface area contributed by atoms with Crippen LogP contribution in [0.15, 0.2) is 63.1 Å². The Bertz CT molecular complexity index is 417. The largest absolute Gasteiger partial charge is 0.234 e. The third-order valence-electron chi connectivity index (χ3n) is 1.66.